The summed E-state index contributed by atoms with van der Waals surface area (Å²) >= 11 is 1.18. The zero-order valence-corrected chi connectivity index (χ0v) is 14.4. The molecule has 0 saturated carbocycles. The van der Waals surface area contributed by atoms with E-state index in [1.807, 2.05) is 0 Å². The van der Waals surface area contributed by atoms with Gasteiger partial charge in [-0.25, -0.2) is 9.37 Å². The number of aromatic nitrogens is 3. The molecule has 0 fully saturated rings. The summed E-state index contributed by atoms with van der Waals surface area (Å²) in [6.45, 7) is 1.79. The van der Waals surface area contributed by atoms with E-state index < -0.39 is 5.91 Å². The summed E-state index contributed by atoms with van der Waals surface area (Å²) in [5.74, 6) is -0.648. The zero-order chi connectivity index (χ0) is 18.3. The number of rotatable bonds is 3. The number of H-pyrrole nitrogens is 1. The van der Waals surface area contributed by atoms with Crippen molar-refractivity contribution in [3.63, 3.8) is 0 Å². The van der Waals surface area contributed by atoms with E-state index in [4.69, 9.17) is 0 Å². The van der Waals surface area contributed by atoms with Crippen LogP contribution in [-0.2, 0) is 0 Å². The molecule has 0 unspecified atom stereocenters. The van der Waals surface area contributed by atoms with Crippen molar-refractivity contribution in [2.75, 3.05) is 5.32 Å². The predicted octanol–water partition coefficient (Wildman–Crippen LogP) is 4.09. The summed E-state index contributed by atoms with van der Waals surface area (Å²) in [5, 5.41) is 19.9. The number of anilines is 1. The van der Waals surface area contributed by atoms with Gasteiger partial charge in [0.25, 0.3) is 5.91 Å². The summed E-state index contributed by atoms with van der Waals surface area (Å²) in [5.41, 5.74) is 2.56. The number of fused-ring (bicyclic) bond motifs is 1. The van der Waals surface area contributed by atoms with Gasteiger partial charge in [-0.3, -0.25) is 15.2 Å². The molecule has 2 aromatic carbocycles. The molecule has 8 heteroatoms. The Labute approximate surface area is 151 Å². The third-order valence-electron chi connectivity index (χ3n) is 3.91. The molecular weight excluding hydrogens is 355 g/mol. The van der Waals surface area contributed by atoms with Crippen LogP contribution < -0.4 is 5.32 Å². The maximum Gasteiger partial charge on any atom is 0.275 e. The van der Waals surface area contributed by atoms with Crippen molar-refractivity contribution in [1.82, 2.24) is 15.2 Å². The number of carbonyl (C=O) groups excluding carboxylic acids is 1. The summed E-state index contributed by atoms with van der Waals surface area (Å²) in [6.07, 6.45) is 0. The van der Waals surface area contributed by atoms with Gasteiger partial charge in [0.1, 0.15) is 17.3 Å². The second kappa shape index (κ2) is 6.23. The predicted molar refractivity (Wildman–Crippen MR) is 98.0 cm³/mol. The fourth-order valence-corrected chi connectivity index (χ4v) is 3.44. The fraction of sp³-hybridized carbons (Fsp3) is 0.0556. The number of para-hydroxylation sites is 1. The number of nitrogens with one attached hydrogen (secondary N) is 2. The van der Waals surface area contributed by atoms with Crippen molar-refractivity contribution in [3.05, 3.63) is 59.5 Å². The number of amides is 1. The second-order valence-electron chi connectivity index (χ2n) is 5.72. The Morgan fingerprint density at radius 3 is 2.96 bits per heavy atom. The molecule has 130 valence electrons. The lowest BCUT2D eigenvalue weighted by molar-refractivity contribution is 0.102. The van der Waals surface area contributed by atoms with Crippen LogP contribution in [0.25, 0.3) is 21.5 Å². The SMILES string of the molecule is Cc1cccc(-c2cc(C(=O)Nc3nc4ccc(F)cc4s3)[nH]n2)c1O. The van der Waals surface area contributed by atoms with Crippen molar-refractivity contribution >= 4 is 32.6 Å². The van der Waals surface area contributed by atoms with E-state index in [1.54, 1.807) is 37.3 Å². The number of aromatic amines is 1. The molecular formula is C18H13FN4O2S. The lowest BCUT2D eigenvalue weighted by Gasteiger charge is -2.03. The van der Waals surface area contributed by atoms with Crippen LogP contribution in [0.2, 0.25) is 0 Å². The van der Waals surface area contributed by atoms with E-state index in [-0.39, 0.29) is 17.3 Å². The minimum atomic E-state index is -0.421. The Kier molecular flexibility index (Phi) is 3.89. The molecule has 0 atom stereocenters. The Hall–Kier alpha value is -3.26. The molecule has 4 aromatic rings. The van der Waals surface area contributed by atoms with Gasteiger partial charge in [-0.2, -0.15) is 5.10 Å². The minimum Gasteiger partial charge on any atom is -0.507 e. The van der Waals surface area contributed by atoms with Crippen LogP contribution in [-0.4, -0.2) is 26.2 Å². The lowest BCUT2D eigenvalue weighted by Crippen LogP contribution is -2.11. The molecule has 3 N–H and O–H groups in total. The third kappa shape index (κ3) is 2.91. The highest BCUT2D eigenvalue weighted by atomic mass is 32.1. The maximum atomic E-state index is 13.3. The number of thiazole rings is 1. The molecule has 0 aliphatic heterocycles. The van der Waals surface area contributed by atoms with Gasteiger partial charge >= 0.3 is 0 Å². The molecule has 1 amide bonds. The number of hydrogen-bond donors (Lipinski definition) is 3. The minimum absolute atomic E-state index is 0.124. The van der Waals surface area contributed by atoms with Gasteiger partial charge in [0.2, 0.25) is 0 Å². The van der Waals surface area contributed by atoms with E-state index in [0.717, 1.165) is 5.56 Å². The van der Waals surface area contributed by atoms with Gasteiger partial charge in [0.15, 0.2) is 5.13 Å². The van der Waals surface area contributed by atoms with E-state index >= 15 is 0 Å². The molecule has 26 heavy (non-hydrogen) atoms. The first kappa shape index (κ1) is 16.2. The number of benzene rings is 2. The number of phenolic OH excluding ortho intramolecular Hbond substituents is 1. The topological polar surface area (TPSA) is 90.9 Å². The smallest absolute Gasteiger partial charge is 0.275 e. The van der Waals surface area contributed by atoms with Gasteiger partial charge in [-0.15, -0.1) is 0 Å². The standard InChI is InChI=1S/C18H13FN4O2S/c1-9-3-2-4-11(16(9)24)13-8-14(23-22-13)17(25)21-18-20-12-6-5-10(19)7-15(12)26-18/h2-8,24H,1H3,(H,22,23)(H,20,21,25). The first-order chi connectivity index (χ1) is 12.5. The molecule has 2 heterocycles. The monoisotopic (exact) mass is 368 g/mol. The summed E-state index contributed by atoms with van der Waals surface area (Å²) < 4.78 is 13.9. The summed E-state index contributed by atoms with van der Waals surface area (Å²) in [4.78, 5) is 16.7. The molecule has 0 radical (unpaired) electrons. The average molecular weight is 368 g/mol. The van der Waals surface area contributed by atoms with Crippen molar-refractivity contribution in [2.45, 2.75) is 6.92 Å². The average Bonchev–Trinajstić information content (AvgIpc) is 3.23. The third-order valence-corrected chi connectivity index (χ3v) is 4.84. The van der Waals surface area contributed by atoms with Gasteiger partial charge in [0, 0.05) is 5.56 Å². The number of hydrogen-bond acceptors (Lipinski definition) is 5. The summed E-state index contributed by atoms with van der Waals surface area (Å²) in [6, 6.07) is 11.1. The number of phenols is 1. The van der Waals surface area contributed by atoms with Crippen molar-refractivity contribution in [1.29, 1.82) is 0 Å². The van der Waals surface area contributed by atoms with E-state index in [1.165, 1.54) is 23.5 Å². The molecule has 0 aliphatic rings. The molecule has 6 nitrogen and oxygen atoms in total. The number of carbonyl (C=O) groups is 1. The number of nitrogens with zero attached hydrogens (tertiary/aromatic N) is 2. The molecule has 0 spiro atoms. The Morgan fingerprint density at radius 1 is 1.27 bits per heavy atom. The van der Waals surface area contributed by atoms with Gasteiger partial charge in [-0.05, 0) is 42.8 Å². The van der Waals surface area contributed by atoms with Crippen LogP contribution in [0.5, 0.6) is 5.75 Å². The Morgan fingerprint density at radius 2 is 2.12 bits per heavy atom. The highest BCUT2D eigenvalue weighted by Crippen LogP contribution is 2.31. The first-order valence-corrected chi connectivity index (χ1v) is 8.55. The quantitative estimate of drug-likeness (QED) is 0.508. The van der Waals surface area contributed by atoms with E-state index in [9.17, 15) is 14.3 Å². The van der Waals surface area contributed by atoms with Gasteiger partial charge in [-0.1, -0.05) is 23.5 Å². The van der Waals surface area contributed by atoms with Crippen LogP contribution >= 0.6 is 11.3 Å². The van der Waals surface area contributed by atoms with Crippen molar-refractivity contribution in [3.8, 4) is 17.0 Å². The Bertz CT molecular complexity index is 1140. The van der Waals surface area contributed by atoms with Crippen LogP contribution in [0.3, 0.4) is 0 Å². The van der Waals surface area contributed by atoms with Gasteiger partial charge in [0.05, 0.1) is 15.9 Å². The lowest BCUT2D eigenvalue weighted by atomic mass is 10.1. The van der Waals surface area contributed by atoms with E-state index in [2.05, 4.69) is 20.5 Å². The van der Waals surface area contributed by atoms with Crippen molar-refractivity contribution in [2.24, 2.45) is 0 Å². The van der Waals surface area contributed by atoms with Crippen molar-refractivity contribution < 1.29 is 14.3 Å². The maximum absolute atomic E-state index is 13.3. The highest BCUT2D eigenvalue weighted by molar-refractivity contribution is 7.22. The summed E-state index contributed by atoms with van der Waals surface area (Å²) in [7, 11) is 0. The normalized spacial score (nSPS) is 11.0. The number of halogens is 1. The Balaban J connectivity index is 1.58. The highest BCUT2D eigenvalue weighted by Gasteiger charge is 2.16. The van der Waals surface area contributed by atoms with Crippen LogP contribution in [0.15, 0.2) is 42.5 Å². The largest absolute Gasteiger partial charge is 0.507 e. The molecule has 4 rings (SSSR count). The second-order valence-corrected chi connectivity index (χ2v) is 6.75. The van der Waals surface area contributed by atoms with Gasteiger partial charge < -0.3 is 5.11 Å². The molecule has 2 aromatic heterocycles. The number of aryl methyl sites for hydroxylation is 1. The first-order valence-electron chi connectivity index (χ1n) is 7.73. The van der Waals surface area contributed by atoms with Crippen LogP contribution in [0.1, 0.15) is 16.1 Å². The zero-order valence-electron chi connectivity index (χ0n) is 13.6. The van der Waals surface area contributed by atoms with E-state index in [0.29, 0.717) is 26.6 Å². The molecule has 0 aliphatic carbocycles. The molecule has 0 saturated heterocycles. The van der Waals surface area contributed by atoms with Crippen LogP contribution in [0.4, 0.5) is 9.52 Å². The number of aromatic hydroxyl groups is 1. The fourth-order valence-electron chi connectivity index (χ4n) is 2.56. The van der Waals surface area contributed by atoms with Crippen LogP contribution in [0, 0.1) is 12.7 Å². The molecule has 0 bridgehead atoms.